The van der Waals surface area contributed by atoms with Crippen molar-refractivity contribution in [2.24, 2.45) is 0 Å². The van der Waals surface area contributed by atoms with E-state index in [1.165, 1.54) is 21.3 Å². The van der Waals surface area contributed by atoms with Crippen LogP contribution in [0.4, 0.5) is 0 Å². The smallest absolute Gasteiger partial charge is 0.251 e. The fraction of sp³-hybridized carbons (Fsp3) is 0.222. The average Bonchev–Trinajstić information content (AvgIpc) is 2.65. The van der Waals surface area contributed by atoms with Crippen molar-refractivity contribution in [1.82, 2.24) is 5.32 Å². The van der Waals surface area contributed by atoms with Crippen molar-refractivity contribution in [2.75, 3.05) is 27.9 Å². The number of nitrogens with one attached hydrogen (secondary N) is 1. The number of hydrogen-bond acceptors (Lipinski definition) is 5. The fourth-order valence-electron chi connectivity index (χ4n) is 2.20. The van der Waals surface area contributed by atoms with E-state index in [0.29, 0.717) is 28.4 Å². The highest BCUT2D eigenvalue weighted by Gasteiger charge is 2.17. The highest BCUT2D eigenvalue weighted by atomic mass is 35.5. The van der Waals surface area contributed by atoms with Gasteiger partial charge in [-0.25, -0.2) is 0 Å². The molecule has 1 amide bonds. The summed E-state index contributed by atoms with van der Waals surface area (Å²) in [4.78, 5) is 24.3. The molecule has 0 heterocycles. The van der Waals surface area contributed by atoms with Crippen molar-refractivity contribution in [2.45, 2.75) is 0 Å². The lowest BCUT2D eigenvalue weighted by Gasteiger charge is -2.13. The first-order chi connectivity index (χ1) is 11.6. The second-order valence-corrected chi connectivity index (χ2v) is 4.89. The summed E-state index contributed by atoms with van der Waals surface area (Å²) in [5, 5.41) is 2.60. The molecule has 1 N–H and O–H groups in total. The standard InChI is InChI=1S/C18H19NO5.ClH/c1-22-15-9-13(10-16(23-2)17(15)24-3)14(20)11-19-18(21)12-7-5-4-6-8-12;/h4-10H,11H2,1-3H3,(H,19,21);1H. The monoisotopic (exact) mass is 365 g/mol. The zero-order chi connectivity index (χ0) is 17.5. The van der Waals surface area contributed by atoms with Crippen LogP contribution in [0.15, 0.2) is 42.5 Å². The Morgan fingerprint density at radius 1 is 0.880 bits per heavy atom. The zero-order valence-electron chi connectivity index (χ0n) is 14.2. The van der Waals surface area contributed by atoms with Gasteiger partial charge in [0.2, 0.25) is 5.75 Å². The third-order valence-electron chi connectivity index (χ3n) is 3.43. The van der Waals surface area contributed by atoms with Crippen LogP contribution in [0, 0.1) is 0 Å². The van der Waals surface area contributed by atoms with Gasteiger partial charge in [-0.05, 0) is 24.3 Å². The van der Waals surface area contributed by atoms with Crippen LogP contribution >= 0.6 is 12.4 Å². The van der Waals surface area contributed by atoms with E-state index < -0.39 is 0 Å². The summed E-state index contributed by atoms with van der Waals surface area (Å²) in [6, 6.07) is 11.8. The molecule has 0 bridgehead atoms. The maximum absolute atomic E-state index is 12.3. The number of carbonyl (C=O) groups is 2. The molecule has 0 saturated carbocycles. The van der Waals surface area contributed by atoms with Gasteiger partial charge in [-0.3, -0.25) is 9.59 Å². The number of ketones is 1. The van der Waals surface area contributed by atoms with Gasteiger partial charge in [0.1, 0.15) is 0 Å². The van der Waals surface area contributed by atoms with Gasteiger partial charge in [-0.15, -0.1) is 12.4 Å². The minimum Gasteiger partial charge on any atom is -0.493 e. The van der Waals surface area contributed by atoms with Crippen molar-refractivity contribution in [3.05, 3.63) is 53.6 Å². The third-order valence-corrected chi connectivity index (χ3v) is 3.43. The molecule has 2 rings (SSSR count). The Balaban J connectivity index is 0.00000312. The number of Topliss-reactive ketones (excluding diaryl/α,β-unsaturated/α-hetero) is 1. The van der Waals surface area contributed by atoms with E-state index in [2.05, 4.69) is 5.32 Å². The van der Waals surface area contributed by atoms with Crippen LogP contribution in [-0.2, 0) is 0 Å². The molecule has 0 aliphatic rings. The molecular formula is C18H20ClNO5. The SMILES string of the molecule is COc1cc(C(=O)CNC(=O)c2ccccc2)cc(OC)c1OC.Cl. The van der Waals surface area contributed by atoms with E-state index in [-0.39, 0.29) is 30.6 Å². The predicted octanol–water partition coefficient (Wildman–Crippen LogP) is 2.75. The van der Waals surface area contributed by atoms with Gasteiger partial charge in [0, 0.05) is 11.1 Å². The minimum absolute atomic E-state index is 0. The molecule has 0 saturated heterocycles. The molecule has 0 aromatic heterocycles. The van der Waals surface area contributed by atoms with E-state index >= 15 is 0 Å². The Kier molecular flexibility index (Phi) is 7.75. The molecule has 25 heavy (non-hydrogen) atoms. The van der Waals surface area contributed by atoms with E-state index in [0.717, 1.165) is 0 Å². The molecule has 0 fully saturated rings. The lowest BCUT2D eigenvalue weighted by molar-refractivity contribution is 0.0904. The van der Waals surface area contributed by atoms with Gasteiger partial charge in [0.05, 0.1) is 27.9 Å². The lowest BCUT2D eigenvalue weighted by atomic mass is 10.1. The topological polar surface area (TPSA) is 73.9 Å². The summed E-state index contributed by atoms with van der Waals surface area (Å²) in [5.74, 6) is 0.601. The molecule has 0 aliphatic carbocycles. The second kappa shape index (κ2) is 9.54. The van der Waals surface area contributed by atoms with Crippen LogP contribution in [0.25, 0.3) is 0 Å². The molecule has 6 nitrogen and oxygen atoms in total. The minimum atomic E-state index is -0.309. The summed E-state index contributed by atoms with van der Waals surface area (Å²) in [7, 11) is 4.44. The van der Waals surface area contributed by atoms with Crippen LogP contribution in [0.3, 0.4) is 0 Å². The van der Waals surface area contributed by atoms with Gasteiger partial charge >= 0.3 is 0 Å². The van der Waals surface area contributed by atoms with Crippen LogP contribution in [-0.4, -0.2) is 39.6 Å². The van der Waals surface area contributed by atoms with Gasteiger partial charge in [-0.2, -0.15) is 0 Å². The molecule has 7 heteroatoms. The van der Waals surface area contributed by atoms with E-state index in [1.54, 1.807) is 36.4 Å². The molecule has 0 radical (unpaired) electrons. The molecule has 2 aromatic rings. The van der Waals surface area contributed by atoms with E-state index in [4.69, 9.17) is 14.2 Å². The fourth-order valence-corrected chi connectivity index (χ4v) is 2.20. The summed E-state index contributed by atoms with van der Waals surface area (Å²) in [6.45, 7) is -0.133. The number of carbonyl (C=O) groups excluding carboxylic acids is 2. The van der Waals surface area contributed by atoms with Crippen LogP contribution in [0.5, 0.6) is 17.2 Å². The summed E-state index contributed by atoms with van der Waals surface area (Å²) in [5.41, 5.74) is 0.855. The Hall–Kier alpha value is -2.73. The van der Waals surface area contributed by atoms with Gasteiger partial charge in [0.25, 0.3) is 5.91 Å². The summed E-state index contributed by atoms with van der Waals surface area (Å²) >= 11 is 0. The van der Waals surface area contributed by atoms with Crippen LogP contribution in [0.1, 0.15) is 20.7 Å². The number of benzene rings is 2. The summed E-state index contributed by atoms with van der Waals surface area (Å²) in [6.07, 6.45) is 0. The zero-order valence-corrected chi connectivity index (χ0v) is 15.0. The second-order valence-electron chi connectivity index (χ2n) is 4.89. The van der Waals surface area contributed by atoms with Gasteiger partial charge < -0.3 is 19.5 Å². The van der Waals surface area contributed by atoms with Crippen molar-refractivity contribution in [1.29, 1.82) is 0 Å². The number of hydrogen-bond donors (Lipinski definition) is 1. The molecule has 0 unspecified atom stereocenters. The first-order valence-corrected chi connectivity index (χ1v) is 7.27. The quantitative estimate of drug-likeness (QED) is 0.764. The third kappa shape index (κ3) is 4.87. The summed E-state index contributed by atoms with van der Waals surface area (Å²) < 4.78 is 15.7. The number of rotatable bonds is 7. The Bertz CT molecular complexity index is 708. The van der Waals surface area contributed by atoms with Gasteiger partial charge in [0.15, 0.2) is 17.3 Å². The number of ether oxygens (including phenoxy) is 3. The number of methoxy groups -OCH3 is 3. The Morgan fingerprint density at radius 3 is 1.92 bits per heavy atom. The van der Waals surface area contributed by atoms with E-state index in [9.17, 15) is 9.59 Å². The van der Waals surface area contributed by atoms with Crippen LogP contribution < -0.4 is 19.5 Å². The van der Waals surface area contributed by atoms with Crippen molar-refractivity contribution < 1.29 is 23.8 Å². The molecule has 0 atom stereocenters. The molecule has 0 aliphatic heterocycles. The molecule has 2 aromatic carbocycles. The molecular weight excluding hydrogens is 346 g/mol. The maximum Gasteiger partial charge on any atom is 0.251 e. The lowest BCUT2D eigenvalue weighted by Crippen LogP contribution is -2.29. The van der Waals surface area contributed by atoms with Crippen molar-refractivity contribution >= 4 is 24.1 Å². The van der Waals surface area contributed by atoms with Crippen molar-refractivity contribution in [3.63, 3.8) is 0 Å². The van der Waals surface area contributed by atoms with E-state index in [1.807, 2.05) is 6.07 Å². The number of halogens is 1. The highest BCUT2D eigenvalue weighted by molar-refractivity contribution is 6.02. The first-order valence-electron chi connectivity index (χ1n) is 7.27. The Labute approximate surface area is 152 Å². The van der Waals surface area contributed by atoms with Gasteiger partial charge in [-0.1, -0.05) is 18.2 Å². The Morgan fingerprint density at radius 2 is 1.44 bits per heavy atom. The first kappa shape index (κ1) is 20.3. The predicted molar refractivity (Wildman–Crippen MR) is 96.5 cm³/mol. The van der Waals surface area contributed by atoms with Crippen LogP contribution in [0.2, 0.25) is 0 Å². The highest BCUT2D eigenvalue weighted by Crippen LogP contribution is 2.38. The molecule has 0 spiro atoms. The average molecular weight is 366 g/mol. The van der Waals surface area contributed by atoms with Crippen molar-refractivity contribution in [3.8, 4) is 17.2 Å². The largest absolute Gasteiger partial charge is 0.493 e. The number of amides is 1. The molecule has 134 valence electrons. The maximum atomic E-state index is 12.3. The normalized spacial score (nSPS) is 9.56.